The summed E-state index contributed by atoms with van der Waals surface area (Å²) in [6, 6.07) is 21.3. The highest BCUT2D eigenvalue weighted by molar-refractivity contribution is 6.99. The molecule has 0 saturated heterocycles. The maximum Gasteiger partial charge on any atom is 0.372 e. The first-order valence-electron chi connectivity index (χ1n) is 14.5. The van der Waals surface area contributed by atoms with Crippen LogP contribution in [0.3, 0.4) is 0 Å². The Balaban J connectivity index is 2.70. The molecular formula is C34H52O4Si2. The van der Waals surface area contributed by atoms with Gasteiger partial charge in [0, 0.05) is 5.92 Å². The average Bonchev–Trinajstić information content (AvgIpc) is 2.85. The highest BCUT2D eigenvalue weighted by Crippen LogP contribution is 2.40. The second-order valence-electron chi connectivity index (χ2n) is 13.5. The lowest BCUT2D eigenvalue weighted by atomic mass is 10.0. The highest BCUT2D eigenvalue weighted by Gasteiger charge is 2.51. The van der Waals surface area contributed by atoms with E-state index in [1.54, 1.807) is 0 Å². The molecule has 40 heavy (non-hydrogen) atoms. The van der Waals surface area contributed by atoms with E-state index in [2.05, 4.69) is 128 Å². The number of hydrogen-bond acceptors (Lipinski definition) is 4. The van der Waals surface area contributed by atoms with Crippen molar-refractivity contribution < 1.29 is 18.4 Å². The number of benzene rings is 2. The third-order valence-corrected chi connectivity index (χ3v) is 17.1. The van der Waals surface area contributed by atoms with Gasteiger partial charge >= 0.3 is 5.97 Å². The predicted molar refractivity (Wildman–Crippen MR) is 174 cm³/mol. The minimum absolute atomic E-state index is 0.0679. The molecule has 0 spiro atoms. The Hall–Kier alpha value is -2.42. The Bertz CT molecular complexity index is 1100. The smallest absolute Gasteiger partial charge is 0.372 e. The average molecular weight is 581 g/mol. The third-order valence-electron chi connectivity index (χ3n) is 7.76. The van der Waals surface area contributed by atoms with Crippen molar-refractivity contribution in [2.75, 3.05) is 0 Å². The van der Waals surface area contributed by atoms with Crippen LogP contribution in [-0.2, 0) is 18.4 Å². The van der Waals surface area contributed by atoms with Gasteiger partial charge in [-0.1, -0.05) is 121 Å². The Morgan fingerprint density at radius 2 is 1.27 bits per heavy atom. The van der Waals surface area contributed by atoms with E-state index in [-0.39, 0.29) is 34.0 Å². The largest absolute Gasteiger partial charge is 0.539 e. The van der Waals surface area contributed by atoms with Crippen molar-refractivity contribution in [2.45, 2.75) is 105 Å². The summed E-state index contributed by atoms with van der Waals surface area (Å²) in [5.41, 5.74) is 0. The van der Waals surface area contributed by atoms with Crippen molar-refractivity contribution in [3.05, 3.63) is 84.7 Å². The van der Waals surface area contributed by atoms with E-state index in [9.17, 15) is 4.79 Å². The Morgan fingerprint density at radius 3 is 1.65 bits per heavy atom. The quantitative estimate of drug-likeness (QED) is 0.0888. The Morgan fingerprint density at radius 1 is 0.800 bits per heavy atom. The molecule has 0 saturated carbocycles. The van der Waals surface area contributed by atoms with Crippen LogP contribution in [0.1, 0.15) is 69.2 Å². The van der Waals surface area contributed by atoms with Gasteiger partial charge in [-0.05, 0) is 60.4 Å². The lowest BCUT2D eigenvalue weighted by molar-refractivity contribution is -0.145. The van der Waals surface area contributed by atoms with Crippen LogP contribution in [0.2, 0.25) is 23.2 Å². The van der Waals surface area contributed by atoms with Gasteiger partial charge in [0.2, 0.25) is 0 Å². The van der Waals surface area contributed by atoms with Crippen LogP contribution in [0.25, 0.3) is 0 Å². The predicted octanol–water partition coefficient (Wildman–Crippen LogP) is 8.00. The van der Waals surface area contributed by atoms with Crippen molar-refractivity contribution in [3.8, 4) is 0 Å². The third kappa shape index (κ3) is 8.08. The lowest BCUT2D eigenvalue weighted by Crippen LogP contribution is -2.68. The van der Waals surface area contributed by atoms with E-state index in [1.165, 1.54) is 10.4 Å². The Labute approximate surface area is 246 Å². The second kappa shape index (κ2) is 13.5. The summed E-state index contributed by atoms with van der Waals surface area (Å²) in [7, 11) is -5.13. The number of esters is 1. The zero-order valence-electron chi connectivity index (χ0n) is 26.9. The number of allylic oxidation sites excluding steroid dienone is 1. The van der Waals surface area contributed by atoms with Gasteiger partial charge in [0.05, 0.1) is 12.2 Å². The molecule has 2 rings (SSSR count). The van der Waals surface area contributed by atoms with Crippen molar-refractivity contribution in [1.29, 1.82) is 0 Å². The van der Waals surface area contributed by atoms with Crippen LogP contribution in [0.5, 0.6) is 0 Å². The molecule has 0 fully saturated rings. The minimum atomic E-state index is -2.82. The molecule has 0 N–H and O–H groups in total. The summed E-state index contributed by atoms with van der Waals surface area (Å²) in [6.07, 6.45) is 5.54. The number of rotatable bonds is 11. The summed E-state index contributed by atoms with van der Waals surface area (Å²) in [5.74, 6) is -0.290. The summed E-state index contributed by atoms with van der Waals surface area (Å²) >= 11 is 0. The molecule has 0 amide bonds. The van der Waals surface area contributed by atoms with Crippen LogP contribution < -0.4 is 10.4 Å². The zero-order chi connectivity index (χ0) is 30.4. The molecule has 0 radical (unpaired) electrons. The van der Waals surface area contributed by atoms with E-state index in [1.807, 2.05) is 32.9 Å². The van der Waals surface area contributed by atoms with Gasteiger partial charge in [0.25, 0.3) is 16.6 Å². The van der Waals surface area contributed by atoms with Gasteiger partial charge < -0.3 is 13.6 Å². The Kier molecular flexibility index (Phi) is 11.4. The van der Waals surface area contributed by atoms with E-state index in [0.29, 0.717) is 0 Å². The summed E-state index contributed by atoms with van der Waals surface area (Å²) in [4.78, 5) is 13.3. The van der Waals surface area contributed by atoms with Gasteiger partial charge in [-0.3, -0.25) is 0 Å². The van der Waals surface area contributed by atoms with Gasteiger partial charge in [-0.25, -0.2) is 4.79 Å². The molecule has 2 aromatic rings. The summed E-state index contributed by atoms with van der Waals surface area (Å²) < 4.78 is 19.7. The molecule has 0 aliphatic heterocycles. The molecule has 0 aromatic heterocycles. The monoisotopic (exact) mass is 580 g/mol. The molecule has 0 unspecified atom stereocenters. The van der Waals surface area contributed by atoms with Crippen molar-refractivity contribution in [2.24, 2.45) is 5.92 Å². The normalized spacial score (nSPS) is 15.3. The molecule has 220 valence electrons. The summed E-state index contributed by atoms with van der Waals surface area (Å²) in [6.45, 7) is 25.5. The van der Waals surface area contributed by atoms with Gasteiger partial charge in [0.1, 0.15) is 0 Å². The lowest BCUT2D eigenvalue weighted by Gasteiger charge is -2.45. The topological polar surface area (TPSA) is 44.8 Å². The maximum absolute atomic E-state index is 13.3. The zero-order valence-corrected chi connectivity index (χ0v) is 28.9. The minimum Gasteiger partial charge on any atom is -0.539 e. The molecule has 6 heteroatoms. The van der Waals surface area contributed by atoms with E-state index < -0.39 is 22.6 Å². The fourth-order valence-corrected chi connectivity index (χ4v) is 10.3. The molecule has 0 aliphatic carbocycles. The first-order chi connectivity index (χ1) is 18.5. The number of hydrogen-bond donors (Lipinski definition) is 0. The van der Waals surface area contributed by atoms with Crippen molar-refractivity contribution in [1.82, 2.24) is 0 Å². The van der Waals surface area contributed by atoms with Crippen LogP contribution >= 0.6 is 0 Å². The molecule has 0 aliphatic rings. The fraction of sp³-hybridized carbons (Fsp3) is 0.500. The first kappa shape index (κ1) is 33.8. The highest BCUT2D eigenvalue weighted by atomic mass is 28.4. The van der Waals surface area contributed by atoms with Crippen LogP contribution in [-0.4, -0.2) is 34.8 Å². The van der Waals surface area contributed by atoms with E-state index >= 15 is 0 Å². The van der Waals surface area contributed by atoms with Gasteiger partial charge in [0.15, 0.2) is 5.76 Å². The molecule has 0 bridgehead atoms. The summed E-state index contributed by atoms with van der Waals surface area (Å²) in [5, 5.41) is 2.20. The standard InChI is InChI=1S/C34H52O4Si2/c1-13-20-30(27(4)25-31(32(35)36-26(2)3)37-39(11,12)33(5,6)7)38-40(34(8,9)10,28-21-16-14-17-22-28)29-23-18-15-19-24-29/h13-27,30H,1-12H3/b20-13-,31-25+/t27-,30-/m0/s1. The van der Waals surface area contributed by atoms with Gasteiger partial charge in [-0.2, -0.15) is 0 Å². The number of carbonyl (C=O) groups is 1. The van der Waals surface area contributed by atoms with Crippen LogP contribution in [0.4, 0.5) is 0 Å². The number of carbonyl (C=O) groups excluding carboxylic acids is 1. The van der Waals surface area contributed by atoms with Crippen LogP contribution in [0, 0.1) is 5.92 Å². The first-order valence-corrected chi connectivity index (χ1v) is 19.3. The SMILES string of the molecule is C/C=C\[C@H](O[Si](c1ccccc1)(c1ccccc1)C(C)(C)C)[C@@H](C)/C=C(/O[Si](C)(C)C(C)(C)C)C(=O)OC(C)C. The second-order valence-corrected chi connectivity index (χ2v) is 22.5. The van der Waals surface area contributed by atoms with Crippen LogP contribution in [0.15, 0.2) is 84.7 Å². The maximum atomic E-state index is 13.3. The van der Waals surface area contributed by atoms with E-state index in [4.69, 9.17) is 13.6 Å². The van der Waals surface area contributed by atoms with Crippen molar-refractivity contribution in [3.63, 3.8) is 0 Å². The fourth-order valence-electron chi connectivity index (χ4n) is 4.58. The van der Waals surface area contributed by atoms with E-state index in [0.717, 1.165) is 0 Å². The van der Waals surface area contributed by atoms with Gasteiger partial charge in [-0.15, -0.1) is 0 Å². The molecule has 0 heterocycles. The molecule has 2 atom stereocenters. The molecular weight excluding hydrogens is 529 g/mol. The molecule has 4 nitrogen and oxygen atoms in total. The van der Waals surface area contributed by atoms with Crippen molar-refractivity contribution >= 4 is 33.0 Å². The number of ether oxygens (including phenoxy) is 1. The molecule has 2 aromatic carbocycles.